The van der Waals surface area contributed by atoms with E-state index in [4.69, 9.17) is 15.7 Å². The van der Waals surface area contributed by atoms with E-state index in [1.54, 1.807) is 0 Å². The molecule has 0 atom stereocenters. The van der Waals surface area contributed by atoms with Crippen molar-refractivity contribution in [3.05, 3.63) is 52.0 Å². The fraction of sp³-hybridized carbons (Fsp3) is 0.133. The van der Waals surface area contributed by atoms with Crippen LogP contribution in [0.4, 0.5) is 5.69 Å². The van der Waals surface area contributed by atoms with E-state index in [2.05, 4.69) is 22.0 Å². The molecule has 0 spiro atoms. The van der Waals surface area contributed by atoms with Crippen molar-refractivity contribution >= 4 is 21.6 Å². The molecule has 3 nitrogen and oxygen atoms in total. The molecule has 0 fully saturated rings. The Kier molecular flexibility index (Phi) is 4.08. The minimum Gasteiger partial charge on any atom is -0.456 e. The number of hydrogen-bond donors (Lipinski definition) is 1. The van der Waals surface area contributed by atoms with E-state index in [1.807, 2.05) is 43.3 Å². The first-order valence-corrected chi connectivity index (χ1v) is 6.59. The van der Waals surface area contributed by atoms with E-state index in [9.17, 15) is 0 Å². The van der Waals surface area contributed by atoms with Crippen LogP contribution < -0.4 is 10.5 Å². The molecule has 0 radical (unpaired) electrons. The molecule has 0 unspecified atom stereocenters. The van der Waals surface area contributed by atoms with Gasteiger partial charge in [-0.1, -0.05) is 12.1 Å². The number of ether oxygens (including phenoxy) is 1. The lowest BCUT2D eigenvalue weighted by Gasteiger charge is -2.10. The fourth-order valence-electron chi connectivity index (χ4n) is 1.64. The van der Waals surface area contributed by atoms with E-state index >= 15 is 0 Å². The molecular weight excluding hydrogens is 304 g/mol. The third-order valence-electron chi connectivity index (χ3n) is 2.75. The molecule has 96 valence electrons. The standard InChI is InChI=1S/C15H13BrN2O/c1-10-8-15(13(16)9-14(10)18)19-12-4-2-11(3-5-12)6-7-17/h2-5,8-9H,6,18H2,1H3. The fourth-order valence-corrected chi connectivity index (χ4v) is 2.08. The molecule has 0 heterocycles. The smallest absolute Gasteiger partial charge is 0.142 e. The van der Waals surface area contributed by atoms with Gasteiger partial charge in [-0.3, -0.25) is 0 Å². The largest absolute Gasteiger partial charge is 0.456 e. The summed E-state index contributed by atoms with van der Waals surface area (Å²) in [4.78, 5) is 0. The van der Waals surface area contributed by atoms with Crippen molar-refractivity contribution in [3.63, 3.8) is 0 Å². The summed E-state index contributed by atoms with van der Waals surface area (Å²) in [6.45, 7) is 1.94. The maximum atomic E-state index is 8.62. The van der Waals surface area contributed by atoms with Gasteiger partial charge in [-0.05, 0) is 58.2 Å². The van der Waals surface area contributed by atoms with Gasteiger partial charge in [-0.15, -0.1) is 0 Å². The van der Waals surface area contributed by atoms with E-state index in [0.29, 0.717) is 6.42 Å². The zero-order valence-corrected chi connectivity index (χ0v) is 12.1. The minimum absolute atomic E-state index is 0.408. The highest BCUT2D eigenvalue weighted by atomic mass is 79.9. The summed E-state index contributed by atoms with van der Waals surface area (Å²) >= 11 is 3.43. The van der Waals surface area contributed by atoms with E-state index in [-0.39, 0.29) is 0 Å². The molecule has 0 aliphatic carbocycles. The number of rotatable bonds is 3. The Balaban J connectivity index is 2.22. The van der Waals surface area contributed by atoms with Gasteiger partial charge in [0.1, 0.15) is 11.5 Å². The van der Waals surface area contributed by atoms with Crippen LogP contribution in [0, 0.1) is 18.3 Å². The Morgan fingerprint density at radius 2 is 1.95 bits per heavy atom. The molecule has 0 amide bonds. The van der Waals surface area contributed by atoms with Crippen LogP contribution in [0.5, 0.6) is 11.5 Å². The SMILES string of the molecule is Cc1cc(Oc2ccc(CC#N)cc2)c(Br)cc1N. The van der Waals surface area contributed by atoms with Gasteiger partial charge in [-0.2, -0.15) is 5.26 Å². The molecule has 19 heavy (non-hydrogen) atoms. The Labute approximate surface area is 120 Å². The number of benzene rings is 2. The first-order valence-electron chi connectivity index (χ1n) is 5.79. The highest BCUT2D eigenvalue weighted by Gasteiger charge is 2.06. The van der Waals surface area contributed by atoms with Crippen molar-refractivity contribution < 1.29 is 4.74 Å². The molecule has 4 heteroatoms. The van der Waals surface area contributed by atoms with Gasteiger partial charge in [0.05, 0.1) is 17.0 Å². The van der Waals surface area contributed by atoms with Crippen LogP contribution in [0.2, 0.25) is 0 Å². The average molecular weight is 317 g/mol. The first kappa shape index (κ1) is 13.4. The average Bonchev–Trinajstić information content (AvgIpc) is 2.38. The summed E-state index contributed by atoms with van der Waals surface area (Å²) in [6.07, 6.45) is 0.408. The second kappa shape index (κ2) is 5.77. The lowest BCUT2D eigenvalue weighted by Crippen LogP contribution is -1.92. The predicted octanol–water partition coefficient (Wildman–Crippen LogP) is 4.20. The third kappa shape index (κ3) is 3.27. The Hall–Kier alpha value is -1.99. The zero-order chi connectivity index (χ0) is 13.8. The number of nitriles is 1. The topological polar surface area (TPSA) is 59.0 Å². The van der Waals surface area contributed by atoms with Crippen LogP contribution in [0.1, 0.15) is 11.1 Å². The minimum atomic E-state index is 0.408. The van der Waals surface area contributed by atoms with Crippen molar-refractivity contribution in [3.8, 4) is 17.6 Å². The molecule has 0 saturated carbocycles. The van der Waals surface area contributed by atoms with Crippen molar-refractivity contribution in [2.24, 2.45) is 0 Å². The van der Waals surface area contributed by atoms with Gasteiger partial charge >= 0.3 is 0 Å². The highest BCUT2D eigenvalue weighted by molar-refractivity contribution is 9.10. The van der Waals surface area contributed by atoms with Crippen LogP contribution in [-0.4, -0.2) is 0 Å². The lowest BCUT2D eigenvalue weighted by atomic mass is 10.1. The highest BCUT2D eigenvalue weighted by Crippen LogP contribution is 2.33. The monoisotopic (exact) mass is 316 g/mol. The van der Waals surface area contributed by atoms with Gasteiger partial charge in [0, 0.05) is 5.69 Å². The summed E-state index contributed by atoms with van der Waals surface area (Å²) < 4.78 is 6.61. The number of halogens is 1. The van der Waals surface area contributed by atoms with E-state index < -0.39 is 0 Å². The number of aryl methyl sites for hydroxylation is 1. The van der Waals surface area contributed by atoms with Crippen molar-refractivity contribution in [2.75, 3.05) is 5.73 Å². The normalized spacial score (nSPS) is 9.95. The molecule has 0 aliphatic rings. The van der Waals surface area contributed by atoms with Gasteiger partial charge in [0.15, 0.2) is 0 Å². The molecule has 2 aromatic rings. The maximum Gasteiger partial charge on any atom is 0.142 e. The number of nitrogen functional groups attached to an aromatic ring is 1. The summed E-state index contributed by atoms with van der Waals surface area (Å²) in [6, 6.07) is 13.3. The molecule has 2 aromatic carbocycles. The Morgan fingerprint density at radius 1 is 1.26 bits per heavy atom. The lowest BCUT2D eigenvalue weighted by molar-refractivity contribution is 0.479. The molecule has 0 aromatic heterocycles. The van der Waals surface area contributed by atoms with Crippen LogP contribution in [-0.2, 0) is 6.42 Å². The molecule has 0 saturated heterocycles. The number of anilines is 1. The summed E-state index contributed by atoms with van der Waals surface area (Å²) in [5, 5.41) is 8.62. The van der Waals surface area contributed by atoms with Gasteiger partial charge in [0.25, 0.3) is 0 Å². The molecule has 2 rings (SSSR count). The Morgan fingerprint density at radius 3 is 2.58 bits per heavy atom. The third-order valence-corrected chi connectivity index (χ3v) is 3.37. The van der Waals surface area contributed by atoms with Gasteiger partial charge in [0.2, 0.25) is 0 Å². The number of hydrogen-bond acceptors (Lipinski definition) is 3. The van der Waals surface area contributed by atoms with Crippen LogP contribution in [0.25, 0.3) is 0 Å². The molecule has 0 aliphatic heterocycles. The Bertz CT molecular complexity index is 630. The zero-order valence-electron chi connectivity index (χ0n) is 10.5. The van der Waals surface area contributed by atoms with Gasteiger partial charge < -0.3 is 10.5 Å². The van der Waals surface area contributed by atoms with Crippen LogP contribution in [0.15, 0.2) is 40.9 Å². The predicted molar refractivity (Wildman–Crippen MR) is 79.1 cm³/mol. The molecule has 2 N–H and O–H groups in total. The second-order valence-corrected chi connectivity index (χ2v) is 5.07. The summed E-state index contributed by atoms with van der Waals surface area (Å²) in [5.41, 5.74) is 8.49. The second-order valence-electron chi connectivity index (χ2n) is 4.22. The number of nitrogens with two attached hydrogens (primary N) is 1. The number of nitrogens with zero attached hydrogens (tertiary/aromatic N) is 1. The molecule has 0 bridgehead atoms. The van der Waals surface area contributed by atoms with Crippen LogP contribution >= 0.6 is 15.9 Å². The van der Waals surface area contributed by atoms with E-state index in [1.165, 1.54) is 0 Å². The van der Waals surface area contributed by atoms with Crippen LogP contribution in [0.3, 0.4) is 0 Å². The quantitative estimate of drug-likeness (QED) is 0.863. The maximum absolute atomic E-state index is 8.62. The summed E-state index contributed by atoms with van der Waals surface area (Å²) in [5.74, 6) is 1.45. The van der Waals surface area contributed by atoms with Crippen molar-refractivity contribution in [2.45, 2.75) is 13.3 Å². The van der Waals surface area contributed by atoms with Gasteiger partial charge in [-0.25, -0.2) is 0 Å². The van der Waals surface area contributed by atoms with E-state index in [0.717, 1.165) is 32.8 Å². The van der Waals surface area contributed by atoms with Crippen molar-refractivity contribution in [1.29, 1.82) is 5.26 Å². The first-order chi connectivity index (χ1) is 9.10. The molecular formula is C15H13BrN2O. The summed E-state index contributed by atoms with van der Waals surface area (Å²) in [7, 11) is 0. The van der Waals surface area contributed by atoms with Crippen molar-refractivity contribution in [1.82, 2.24) is 0 Å².